The molecule has 5 heteroatoms. The molecule has 22 heavy (non-hydrogen) atoms. The SMILES string of the molecule is CCOC(=O)C(C#N)c1ccc(OC)c(OC2CCCC2)c1. The van der Waals surface area contributed by atoms with Crippen LogP contribution in [0.15, 0.2) is 18.2 Å². The van der Waals surface area contributed by atoms with Crippen molar-refractivity contribution < 1.29 is 19.0 Å². The highest BCUT2D eigenvalue weighted by molar-refractivity contribution is 5.81. The van der Waals surface area contributed by atoms with Crippen LogP contribution in [0.4, 0.5) is 0 Å². The highest BCUT2D eigenvalue weighted by atomic mass is 16.5. The fraction of sp³-hybridized carbons (Fsp3) is 0.529. The van der Waals surface area contributed by atoms with Crippen LogP contribution in [-0.2, 0) is 9.53 Å². The molecule has 2 rings (SSSR count). The Bertz CT molecular complexity index is 558. The van der Waals surface area contributed by atoms with E-state index in [0.717, 1.165) is 25.7 Å². The molecule has 0 aromatic heterocycles. The topological polar surface area (TPSA) is 68.6 Å². The maximum absolute atomic E-state index is 11.9. The minimum atomic E-state index is -0.947. The largest absolute Gasteiger partial charge is 0.493 e. The first-order valence-corrected chi connectivity index (χ1v) is 7.60. The molecule has 1 atom stereocenters. The van der Waals surface area contributed by atoms with E-state index in [1.54, 1.807) is 32.2 Å². The smallest absolute Gasteiger partial charge is 0.327 e. The van der Waals surface area contributed by atoms with Crippen LogP contribution in [0.1, 0.15) is 44.1 Å². The van der Waals surface area contributed by atoms with Gasteiger partial charge in [-0.15, -0.1) is 0 Å². The van der Waals surface area contributed by atoms with E-state index in [0.29, 0.717) is 17.1 Å². The van der Waals surface area contributed by atoms with Crippen molar-refractivity contribution in [1.29, 1.82) is 5.26 Å². The zero-order valence-electron chi connectivity index (χ0n) is 13.0. The summed E-state index contributed by atoms with van der Waals surface area (Å²) < 4.78 is 16.2. The average molecular weight is 303 g/mol. The van der Waals surface area contributed by atoms with Gasteiger partial charge in [0.2, 0.25) is 0 Å². The fourth-order valence-corrected chi connectivity index (χ4v) is 2.64. The van der Waals surface area contributed by atoms with Gasteiger partial charge in [-0.1, -0.05) is 6.07 Å². The van der Waals surface area contributed by atoms with Crippen LogP contribution in [0.5, 0.6) is 11.5 Å². The number of rotatable bonds is 6. The van der Waals surface area contributed by atoms with E-state index in [9.17, 15) is 10.1 Å². The van der Waals surface area contributed by atoms with E-state index >= 15 is 0 Å². The molecule has 0 spiro atoms. The van der Waals surface area contributed by atoms with Crippen molar-refractivity contribution in [1.82, 2.24) is 0 Å². The Balaban J connectivity index is 2.24. The van der Waals surface area contributed by atoms with Crippen molar-refractivity contribution in [3.05, 3.63) is 23.8 Å². The first-order valence-electron chi connectivity index (χ1n) is 7.60. The molecule has 1 saturated carbocycles. The number of esters is 1. The molecule has 1 aromatic carbocycles. The molecule has 1 fully saturated rings. The van der Waals surface area contributed by atoms with Gasteiger partial charge in [-0.05, 0) is 50.3 Å². The lowest BCUT2D eigenvalue weighted by Gasteiger charge is -2.17. The van der Waals surface area contributed by atoms with Crippen LogP contribution >= 0.6 is 0 Å². The van der Waals surface area contributed by atoms with Gasteiger partial charge in [0.1, 0.15) is 0 Å². The van der Waals surface area contributed by atoms with Crippen molar-refractivity contribution in [2.75, 3.05) is 13.7 Å². The lowest BCUT2D eigenvalue weighted by molar-refractivity contribution is -0.143. The fourth-order valence-electron chi connectivity index (χ4n) is 2.64. The van der Waals surface area contributed by atoms with Gasteiger partial charge >= 0.3 is 5.97 Å². The normalized spacial score (nSPS) is 15.9. The Hall–Kier alpha value is -2.22. The maximum Gasteiger partial charge on any atom is 0.327 e. The van der Waals surface area contributed by atoms with E-state index in [1.807, 2.05) is 6.07 Å². The lowest BCUT2D eigenvalue weighted by Crippen LogP contribution is -2.15. The number of ether oxygens (including phenoxy) is 3. The van der Waals surface area contributed by atoms with Gasteiger partial charge in [0, 0.05) is 0 Å². The Morgan fingerprint density at radius 3 is 2.68 bits per heavy atom. The zero-order chi connectivity index (χ0) is 15.9. The first-order chi connectivity index (χ1) is 10.7. The number of carbonyl (C=O) groups excluding carboxylic acids is 1. The molecule has 0 bridgehead atoms. The molecular weight excluding hydrogens is 282 g/mol. The molecule has 0 aliphatic heterocycles. The molecule has 1 aliphatic carbocycles. The summed E-state index contributed by atoms with van der Waals surface area (Å²) in [6.07, 6.45) is 4.54. The quantitative estimate of drug-likeness (QED) is 0.755. The van der Waals surface area contributed by atoms with Gasteiger partial charge in [0.25, 0.3) is 0 Å². The van der Waals surface area contributed by atoms with Gasteiger partial charge in [0.15, 0.2) is 17.4 Å². The third-order valence-corrected chi connectivity index (χ3v) is 3.77. The molecular formula is C17H21NO4. The van der Waals surface area contributed by atoms with Crippen LogP contribution in [0.25, 0.3) is 0 Å². The average Bonchev–Trinajstić information content (AvgIpc) is 3.01. The highest BCUT2D eigenvalue weighted by Gasteiger charge is 2.24. The zero-order valence-corrected chi connectivity index (χ0v) is 13.0. The number of methoxy groups -OCH3 is 1. The second kappa shape index (κ2) is 7.69. The summed E-state index contributed by atoms with van der Waals surface area (Å²) in [6, 6.07) is 7.13. The highest BCUT2D eigenvalue weighted by Crippen LogP contribution is 2.34. The molecule has 1 aromatic rings. The minimum Gasteiger partial charge on any atom is -0.493 e. The molecule has 0 N–H and O–H groups in total. The van der Waals surface area contributed by atoms with Crippen LogP contribution < -0.4 is 9.47 Å². The van der Waals surface area contributed by atoms with E-state index < -0.39 is 11.9 Å². The summed E-state index contributed by atoms with van der Waals surface area (Å²) >= 11 is 0. The third kappa shape index (κ3) is 3.70. The number of hydrogen-bond acceptors (Lipinski definition) is 5. The van der Waals surface area contributed by atoms with Gasteiger partial charge in [-0.2, -0.15) is 5.26 Å². The molecule has 5 nitrogen and oxygen atoms in total. The van der Waals surface area contributed by atoms with E-state index in [2.05, 4.69) is 0 Å². The third-order valence-electron chi connectivity index (χ3n) is 3.77. The first kappa shape index (κ1) is 16.2. The molecule has 118 valence electrons. The van der Waals surface area contributed by atoms with Gasteiger partial charge < -0.3 is 14.2 Å². The second-order valence-corrected chi connectivity index (χ2v) is 5.25. The standard InChI is InChI=1S/C17H21NO4/c1-3-21-17(19)14(11-18)12-8-9-15(20-2)16(10-12)22-13-6-4-5-7-13/h8-10,13-14H,3-7H2,1-2H3. The molecule has 0 radical (unpaired) electrons. The summed E-state index contributed by atoms with van der Waals surface area (Å²) in [5.74, 6) is -0.300. The van der Waals surface area contributed by atoms with Gasteiger partial charge in [0.05, 0.1) is 25.9 Å². The number of nitriles is 1. The van der Waals surface area contributed by atoms with E-state index in [1.165, 1.54) is 0 Å². The Morgan fingerprint density at radius 2 is 2.09 bits per heavy atom. The van der Waals surface area contributed by atoms with E-state index in [4.69, 9.17) is 14.2 Å². The summed E-state index contributed by atoms with van der Waals surface area (Å²) in [4.78, 5) is 11.9. The van der Waals surface area contributed by atoms with Crippen LogP contribution in [-0.4, -0.2) is 25.8 Å². The molecule has 1 unspecified atom stereocenters. The number of hydrogen-bond donors (Lipinski definition) is 0. The minimum absolute atomic E-state index is 0.173. The predicted molar refractivity (Wildman–Crippen MR) is 80.9 cm³/mol. The summed E-state index contributed by atoms with van der Waals surface area (Å²) in [6.45, 7) is 1.97. The van der Waals surface area contributed by atoms with Crippen LogP contribution in [0, 0.1) is 11.3 Å². The summed E-state index contributed by atoms with van der Waals surface area (Å²) in [5, 5.41) is 9.26. The Kier molecular flexibility index (Phi) is 5.65. The summed E-state index contributed by atoms with van der Waals surface area (Å²) in [5.41, 5.74) is 0.565. The number of carbonyl (C=O) groups is 1. The van der Waals surface area contributed by atoms with Gasteiger partial charge in [-0.25, -0.2) is 0 Å². The lowest BCUT2D eigenvalue weighted by atomic mass is 10.0. The number of benzene rings is 1. The van der Waals surface area contributed by atoms with E-state index in [-0.39, 0.29) is 12.7 Å². The van der Waals surface area contributed by atoms with Crippen molar-refractivity contribution in [2.24, 2.45) is 0 Å². The van der Waals surface area contributed by atoms with Crippen LogP contribution in [0.2, 0.25) is 0 Å². The molecule has 0 saturated heterocycles. The molecule has 1 aliphatic rings. The predicted octanol–water partition coefficient (Wildman–Crippen LogP) is 3.19. The van der Waals surface area contributed by atoms with Gasteiger partial charge in [-0.3, -0.25) is 4.79 Å². The monoisotopic (exact) mass is 303 g/mol. The van der Waals surface area contributed by atoms with Crippen molar-refractivity contribution in [3.8, 4) is 17.6 Å². The summed E-state index contributed by atoms with van der Waals surface area (Å²) in [7, 11) is 1.57. The van der Waals surface area contributed by atoms with Crippen LogP contribution in [0.3, 0.4) is 0 Å². The maximum atomic E-state index is 11.9. The van der Waals surface area contributed by atoms with Crippen molar-refractivity contribution >= 4 is 5.97 Å². The Morgan fingerprint density at radius 1 is 1.36 bits per heavy atom. The molecule has 0 amide bonds. The van der Waals surface area contributed by atoms with Crippen molar-refractivity contribution in [2.45, 2.75) is 44.6 Å². The second-order valence-electron chi connectivity index (χ2n) is 5.25. The number of nitrogens with zero attached hydrogens (tertiary/aromatic N) is 1. The van der Waals surface area contributed by atoms with Crippen molar-refractivity contribution in [3.63, 3.8) is 0 Å². The molecule has 0 heterocycles. The Labute approximate surface area is 130 Å².